The van der Waals surface area contributed by atoms with Gasteiger partial charge in [-0.3, -0.25) is 13.9 Å². The average molecular weight is 587 g/mol. The lowest BCUT2D eigenvalue weighted by molar-refractivity contribution is -0.114. The van der Waals surface area contributed by atoms with Crippen LogP contribution >= 0.6 is 0 Å². The van der Waals surface area contributed by atoms with Crippen molar-refractivity contribution in [3.8, 4) is 11.5 Å². The Morgan fingerprint density at radius 2 is 1.48 bits per heavy atom. The van der Waals surface area contributed by atoms with E-state index in [1.807, 2.05) is 12.1 Å². The summed E-state index contributed by atoms with van der Waals surface area (Å²) in [5, 5.41) is 2.74. The molecule has 4 aromatic carbocycles. The van der Waals surface area contributed by atoms with Crippen LogP contribution in [0, 0.1) is 0 Å². The van der Waals surface area contributed by atoms with E-state index in [0.29, 0.717) is 22.6 Å². The molecule has 0 aliphatic heterocycles. The van der Waals surface area contributed by atoms with Gasteiger partial charge in [0.2, 0.25) is 5.91 Å². The Morgan fingerprint density at radius 1 is 0.786 bits per heavy atom. The molecule has 0 spiro atoms. The first-order chi connectivity index (χ1) is 19.9. The van der Waals surface area contributed by atoms with Gasteiger partial charge in [-0.25, -0.2) is 8.42 Å². The molecular formula is C33H34N2O6S. The van der Waals surface area contributed by atoms with Gasteiger partial charge in [-0.1, -0.05) is 75.4 Å². The number of carbonyl (C=O) groups excluding carboxylic acids is 2. The lowest BCUT2D eigenvalue weighted by Crippen LogP contribution is -2.38. The van der Waals surface area contributed by atoms with Crippen LogP contribution in [0.2, 0.25) is 0 Å². The Hall–Kier alpha value is -4.63. The lowest BCUT2D eigenvalue weighted by atomic mass is 9.86. The largest absolute Gasteiger partial charge is 0.497 e. The summed E-state index contributed by atoms with van der Waals surface area (Å²) in [5.41, 5.74) is 2.48. The number of rotatable bonds is 10. The third-order valence-corrected chi connectivity index (χ3v) is 8.47. The number of benzene rings is 4. The normalized spacial score (nSPS) is 11.5. The van der Waals surface area contributed by atoms with Crippen molar-refractivity contribution in [1.82, 2.24) is 0 Å². The van der Waals surface area contributed by atoms with Crippen molar-refractivity contribution in [3.05, 3.63) is 114 Å². The van der Waals surface area contributed by atoms with Gasteiger partial charge < -0.3 is 14.8 Å². The highest BCUT2D eigenvalue weighted by atomic mass is 32.2. The molecule has 0 aliphatic carbocycles. The number of amides is 1. The Labute approximate surface area is 247 Å². The Balaban J connectivity index is 1.62. The Bertz CT molecular complexity index is 1680. The van der Waals surface area contributed by atoms with Gasteiger partial charge in [0.25, 0.3) is 10.0 Å². The van der Waals surface area contributed by atoms with E-state index in [1.165, 1.54) is 32.4 Å². The molecule has 0 aliphatic rings. The predicted octanol–water partition coefficient (Wildman–Crippen LogP) is 6.07. The van der Waals surface area contributed by atoms with Crippen LogP contribution in [0.3, 0.4) is 0 Å². The summed E-state index contributed by atoms with van der Waals surface area (Å²) in [6.07, 6.45) is 0. The smallest absolute Gasteiger partial charge is 0.264 e. The molecule has 9 heteroatoms. The fourth-order valence-corrected chi connectivity index (χ4v) is 5.81. The molecule has 0 heterocycles. The fraction of sp³-hybridized carbons (Fsp3) is 0.212. The first kappa shape index (κ1) is 30.3. The summed E-state index contributed by atoms with van der Waals surface area (Å²) in [6.45, 7) is 5.75. The number of hydrogen-bond acceptors (Lipinski definition) is 6. The zero-order valence-corrected chi connectivity index (χ0v) is 25.1. The third-order valence-electron chi connectivity index (χ3n) is 6.69. The summed E-state index contributed by atoms with van der Waals surface area (Å²) in [4.78, 5) is 26.5. The van der Waals surface area contributed by atoms with Crippen LogP contribution in [0.1, 0.15) is 42.3 Å². The van der Waals surface area contributed by atoms with E-state index in [4.69, 9.17) is 9.47 Å². The van der Waals surface area contributed by atoms with E-state index in [9.17, 15) is 18.0 Å². The van der Waals surface area contributed by atoms with Crippen LogP contribution in [-0.4, -0.2) is 40.9 Å². The van der Waals surface area contributed by atoms with Crippen molar-refractivity contribution in [2.24, 2.45) is 0 Å². The summed E-state index contributed by atoms with van der Waals surface area (Å²) in [5.74, 6) is -0.172. The summed E-state index contributed by atoms with van der Waals surface area (Å²) in [7, 11) is -1.31. The number of ether oxygens (including phenoxy) is 2. The predicted molar refractivity (Wildman–Crippen MR) is 164 cm³/mol. The topological polar surface area (TPSA) is 102 Å². The first-order valence-electron chi connectivity index (χ1n) is 13.3. The molecule has 0 radical (unpaired) electrons. The zero-order valence-electron chi connectivity index (χ0n) is 24.2. The molecule has 8 nitrogen and oxygen atoms in total. The van der Waals surface area contributed by atoms with Crippen LogP contribution in [0.15, 0.2) is 102 Å². The number of sulfonamides is 1. The third kappa shape index (κ3) is 6.80. The lowest BCUT2D eigenvalue weighted by Gasteiger charge is -2.26. The van der Waals surface area contributed by atoms with Gasteiger partial charge >= 0.3 is 0 Å². The minimum atomic E-state index is -4.19. The molecule has 1 amide bonds. The van der Waals surface area contributed by atoms with Crippen molar-refractivity contribution < 1.29 is 27.5 Å². The van der Waals surface area contributed by atoms with Gasteiger partial charge in [-0.2, -0.15) is 0 Å². The number of ketones is 1. The van der Waals surface area contributed by atoms with E-state index in [1.54, 1.807) is 66.7 Å². The zero-order chi connectivity index (χ0) is 30.5. The van der Waals surface area contributed by atoms with Crippen molar-refractivity contribution in [3.63, 3.8) is 0 Å². The molecule has 0 bridgehead atoms. The highest BCUT2D eigenvalue weighted by Gasteiger charge is 2.30. The van der Waals surface area contributed by atoms with Gasteiger partial charge in [0.1, 0.15) is 18.0 Å². The molecule has 0 aromatic heterocycles. The van der Waals surface area contributed by atoms with Crippen LogP contribution < -0.4 is 19.1 Å². The molecule has 218 valence electrons. The molecule has 4 aromatic rings. The molecule has 1 N–H and O–H groups in total. The van der Waals surface area contributed by atoms with Crippen molar-refractivity contribution in [2.45, 2.75) is 31.1 Å². The van der Waals surface area contributed by atoms with E-state index in [-0.39, 0.29) is 27.5 Å². The van der Waals surface area contributed by atoms with Gasteiger partial charge in [0.05, 0.1) is 24.8 Å². The van der Waals surface area contributed by atoms with E-state index in [0.717, 1.165) is 9.87 Å². The highest BCUT2D eigenvalue weighted by Crippen LogP contribution is 2.35. The van der Waals surface area contributed by atoms with E-state index >= 15 is 0 Å². The minimum Gasteiger partial charge on any atom is -0.497 e. The fourth-order valence-electron chi connectivity index (χ4n) is 4.37. The summed E-state index contributed by atoms with van der Waals surface area (Å²) >= 11 is 0. The first-order valence-corrected chi connectivity index (χ1v) is 14.7. The Morgan fingerprint density at radius 3 is 2.10 bits per heavy atom. The summed E-state index contributed by atoms with van der Waals surface area (Å²) in [6, 6.07) is 26.5. The minimum absolute atomic E-state index is 0.00717. The van der Waals surface area contributed by atoms with E-state index in [2.05, 4.69) is 26.1 Å². The highest BCUT2D eigenvalue weighted by molar-refractivity contribution is 7.92. The monoisotopic (exact) mass is 586 g/mol. The van der Waals surface area contributed by atoms with Gasteiger partial charge in [-0.05, 0) is 47.4 Å². The van der Waals surface area contributed by atoms with Crippen LogP contribution in [-0.2, 0) is 20.2 Å². The molecule has 0 unspecified atom stereocenters. The molecule has 0 saturated heterocycles. The second-order valence-corrected chi connectivity index (χ2v) is 12.5. The maximum Gasteiger partial charge on any atom is 0.264 e. The second kappa shape index (κ2) is 12.5. The van der Waals surface area contributed by atoms with Crippen LogP contribution in [0.5, 0.6) is 11.5 Å². The van der Waals surface area contributed by atoms with Gasteiger partial charge in [-0.15, -0.1) is 0 Å². The van der Waals surface area contributed by atoms with Crippen LogP contribution in [0.25, 0.3) is 0 Å². The number of hydrogen-bond donors (Lipinski definition) is 1. The molecule has 42 heavy (non-hydrogen) atoms. The molecule has 4 rings (SSSR count). The van der Waals surface area contributed by atoms with Gasteiger partial charge in [0.15, 0.2) is 5.78 Å². The van der Waals surface area contributed by atoms with Crippen molar-refractivity contribution in [1.29, 1.82) is 0 Å². The second-order valence-electron chi connectivity index (χ2n) is 10.6. The maximum absolute atomic E-state index is 13.8. The number of anilines is 2. The van der Waals surface area contributed by atoms with Crippen molar-refractivity contribution >= 4 is 33.1 Å². The Kier molecular flexibility index (Phi) is 9.02. The summed E-state index contributed by atoms with van der Waals surface area (Å²) < 4.78 is 39.3. The molecule has 0 atom stereocenters. The number of carbonyl (C=O) groups is 2. The maximum atomic E-state index is 13.8. The average Bonchev–Trinajstić information content (AvgIpc) is 2.99. The van der Waals surface area contributed by atoms with Gasteiger partial charge in [0, 0.05) is 22.9 Å². The van der Waals surface area contributed by atoms with Crippen molar-refractivity contribution in [2.75, 3.05) is 30.4 Å². The molecule has 0 fully saturated rings. The number of methoxy groups -OCH3 is 2. The van der Waals surface area contributed by atoms with E-state index < -0.39 is 22.5 Å². The standard InChI is InChI=1S/C33H34N2O6S/c1-33(2,3)25-16-14-23(15-17-25)32(37)24-10-9-11-26(20-24)34-31(36)22-35(42(38,39)28-12-7-6-8-13-28)29-21-27(40-4)18-19-30(29)41-5/h6-21H,22H2,1-5H3,(H,34,36). The number of nitrogens with one attached hydrogen (secondary N) is 1. The number of nitrogens with zero attached hydrogens (tertiary/aromatic N) is 1. The molecule has 0 saturated carbocycles. The van der Waals surface area contributed by atoms with Crippen LogP contribution in [0.4, 0.5) is 11.4 Å². The SMILES string of the molecule is COc1ccc(OC)c(N(CC(=O)Nc2cccc(C(=O)c3ccc(C(C)(C)C)cc3)c2)S(=O)(=O)c2ccccc2)c1. The molecular weight excluding hydrogens is 552 g/mol. The quantitative estimate of drug-likeness (QED) is 0.227.